The minimum atomic E-state index is -0.0767. The molecule has 2 rings (SSSR count). The summed E-state index contributed by atoms with van der Waals surface area (Å²) >= 11 is 0. The smallest absolute Gasteiger partial charge is 0.240 e. The molecule has 0 spiro atoms. The predicted molar refractivity (Wildman–Crippen MR) is 105 cm³/mol. The van der Waals surface area contributed by atoms with Gasteiger partial charge in [-0.25, -0.2) is 5.43 Å². The Hall–Kier alpha value is -2.82. The predicted octanol–water partition coefficient (Wildman–Crippen LogP) is 3.40. The van der Waals surface area contributed by atoms with Crippen molar-refractivity contribution in [1.29, 1.82) is 0 Å². The van der Waals surface area contributed by atoms with E-state index in [-0.39, 0.29) is 5.91 Å². The van der Waals surface area contributed by atoms with Crippen molar-refractivity contribution in [3.63, 3.8) is 0 Å². The van der Waals surface area contributed by atoms with Gasteiger partial charge in [-0.15, -0.1) is 0 Å². The Morgan fingerprint density at radius 3 is 2.60 bits per heavy atom. The minimum Gasteiger partial charge on any atom is -0.385 e. The first-order chi connectivity index (χ1) is 12.0. The van der Waals surface area contributed by atoms with Gasteiger partial charge in [0.05, 0.1) is 6.21 Å². The van der Waals surface area contributed by atoms with Crippen LogP contribution in [0.5, 0.6) is 0 Å². The molecule has 0 fully saturated rings. The Labute approximate surface area is 149 Å². The maximum atomic E-state index is 11.8. The van der Waals surface area contributed by atoms with Crippen LogP contribution in [0.25, 0.3) is 0 Å². The maximum absolute atomic E-state index is 11.8. The third-order valence-electron chi connectivity index (χ3n) is 3.74. The number of rotatable bonds is 8. The molecule has 0 unspecified atom stereocenters. The summed E-state index contributed by atoms with van der Waals surface area (Å²) in [6.07, 6.45) is 2.85. The van der Waals surface area contributed by atoms with Gasteiger partial charge in [0.1, 0.15) is 0 Å². The molecule has 0 saturated heterocycles. The van der Waals surface area contributed by atoms with Crippen LogP contribution in [0, 0.1) is 6.92 Å². The summed E-state index contributed by atoms with van der Waals surface area (Å²) in [4.78, 5) is 13.8. The lowest BCUT2D eigenvalue weighted by Gasteiger charge is -2.11. The zero-order valence-corrected chi connectivity index (χ0v) is 15.1. The van der Waals surface area contributed by atoms with Crippen LogP contribution in [0.2, 0.25) is 0 Å². The van der Waals surface area contributed by atoms with Crippen molar-refractivity contribution in [2.24, 2.45) is 5.10 Å². The first kappa shape index (κ1) is 18.5. The van der Waals surface area contributed by atoms with Gasteiger partial charge in [-0.2, -0.15) is 5.10 Å². The molecular formula is C20H26N4O. The van der Waals surface area contributed by atoms with Gasteiger partial charge in [0.25, 0.3) is 0 Å². The SMILES string of the molecule is Cc1cccc(NCCCC(=O)N/N=C\c2ccc(N(C)C)cc2)c1. The summed E-state index contributed by atoms with van der Waals surface area (Å²) in [5, 5.41) is 7.32. The van der Waals surface area contributed by atoms with E-state index in [0.717, 1.165) is 29.9 Å². The first-order valence-corrected chi connectivity index (χ1v) is 8.44. The highest BCUT2D eigenvalue weighted by molar-refractivity contribution is 5.82. The molecule has 1 amide bonds. The van der Waals surface area contributed by atoms with Crippen LogP contribution in [0.3, 0.4) is 0 Å². The van der Waals surface area contributed by atoms with Crippen molar-refractivity contribution in [3.8, 4) is 0 Å². The highest BCUT2D eigenvalue weighted by Crippen LogP contribution is 2.11. The molecule has 2 N–H and O–H groups in total. The van der Waals surface area contributed by atoms with Crippen LogP contribution in [-0.2, 0) is 4.79 Å². The van der Waals surface area contributed by atoms with Crippen LogP contribution < -0.4 is 15.6 Å². The van der Waals surface area contributed by atoms with Crippen molar-refractivity contribution in [1.82, 2.24) is 5.43 Å². The monoisotopic (exact) mass is 338 g/mol. The number of nitrogens with zero attached hydrogens (tertiary/aromatic N) is 2. The van der Waals surface area contributed by atoms with E-state index < -0.39 is 0 Å². The van der Waals surface area contributed by atoms with Crippen molar-refractivity contribution >= 4 is 23.5 Å². The van der Waals surface area contributed by atoms with Crippen LogP contribution in [0.1, 0.15) is 24.0 Å². The largest absolute Gasteiger partial charge is 0.385 e. The molecule has 0 heterocycles. The van der Waals surface area contributed by atoms with E-state index in [1.165, 1.54) is 5.56 Å². The van der Waals surface area contributed by atoms with E-state index in [0.29, 0.717) is 6.42 Å². The molecule has 0 atom stereocenters. The fraction of sp³-hybridized carbons (Fsp3) is 0.300. The zero-order chi connectivity index (χ0) is 18.1. The molecule has 2 aromatic rings. The molecule has 25 heavy (non-hydrogen) atoms. The fourth-order valence-electron chi connectivity index (χ4n) is 2.33. The number of carbonyl (C=O) groups is 1. The maximum Gasteiger partial charge on any atom is 0.240 e. The molecular weight excluding hydrogens is 312 g/mol. The summed E-state index contributed by atoms with van der Waals surface area (Å²) in [5.74, 6) is -0.0767. The van der Waals surface area contributed by atoms with Gasteiger partial charge in [-0.05, 0) is 48.7 Å². The summed E-state index contributed by atoms with van der Waals surface area (Å²) < 4.78 is 0. The quantitative estimate of drug-likeness (QED) is 0.441. The van der Waals surface area contributed by atoms with Crippen LogP contribution in [-0.4, -0.2) is 32.8 Å². The summed E-state index contributed by atoms with van der Waals surface area (Å²) in [7, 11) is 3.99. The second-order valence-corrected chi connectivity index (χ2v) is 6.18. The fourth-order valence-corrected chi connectivity index (χ4v) is 2.33. The number of benzene rings is 2. The van der Waals surface area contributed by atoms with E-state index in [1.54, 1.807) is 6.21 Å². The Bertz CT molecular complexity index is 708. The van der Waals surface area contributed by atoms with Crippen molar-refractivity contribution in [3.05, 3.63) is 59.7 Å². The Kier molecular flexibility index (Phi) is 7.01. The van der Waals surface area contributed by atoms with Crippen molar-refractivity contribution < 1.29 is 4.79 Å². The lowest BCUT2D eigenvalue weighted by atomic mass is 10.2. The molecule has 0 bridgehead atoms. The van der Waals surface area contributed by atoms with Crippen LogP contribution in [0.4, 0.5) is 11.4 Å². The molecule has 0 radical (unpaired) electrons. The average molecular weight is 338 g/mol. The molecule has 0 aliphatic carbocycles. The number of nitrogens with one attached hydrogen (secondary N) is 2. The number of aryl methyl sites for hydroxylation is 1. The number of amides is 1. The molecule has 0 aromatic heterocycles. The number of carbonyl (C=O) groups excluding carboxylic acids is 1. The molecule has 5 heteroatoms. The second-order valence-electron chi connectivity index (χ2n) is 6.18. The number of hydrogen-bond donors (Lipinski definition) is 2. The minimum absolute atomic E-state index is 0.0767. The molecule has 5 nitrogen and oxygen atoms in total. The van der Waals surface area contributed by atoms with E-state index in [9.17, 15) is 4.79 Å². The zero-order valence-electron chi connectivity index (χ0n) is 15.1. The number of anilines is 2. The van der Waals surface area contributed by atoms with Gasteiger partial charge in [-0.1, -0.05) is 24.3 Å². The lowest BCUT2D eigenvalue weighted by Crippen LogP contribution is -2.18. The highest BCUT2D eigenvalue weighted by Gasteiger charge is 2.00. The molecule has 132 valence electrons. The number of hydrazone groups is 1. The van der Waals surface area contributed by atoms with Gasteiger partial charge in [-0.3, -0.25) is 4.79 Å². The normalized spacial score (nSPS) is 10.7. The van der Waals surface area contributed by atoms with Gasteiger partial charge in [0.2, 0.25) is 5.91 Å². The molecule has 0 aliphatic rings. The average Bonchev–Trinajstić information content (AvgIpc) is 2.59. The summed E-state index contributed by atoms with van der Waals surface area (Å²) in [6, 6.07) is 16.2. The number of hydrogen-bond acceptors (Lipinski definition) is 4. The Balaban J connectivity index is 1.66. The molecule has 0 aliphatic heterocycles. The van der Waals surface area contributed by atoms with Gasteiger partial charge in [0, 0.05) is 38.4 Å². The topological polar surface area (TPSA) is 56.7 Å². The summed E-state index contributed by atoms with van der Waals surface area (Å²) in [6.45, 7) is 2.82. The highest BCUT2D eigenvalue weighted by atomic mass is 16.2. The van der Waals surface area contributed by atoms with Gasteiger partial charge < -0.3 is 10.2 Å². The van der Waals surface area contributed by atoms with Crippen molar-refractivity contribution in [2.75, 3.05) is 30.9 Å². The van der Waals surface area contributed by atoms with Gasteiger partial charge >= 0.3 is 0 Å². The third-order valence-corrected chi connectivity index (χ3v) is 3.74. The van der Waals surface area contributed by atoms with Crippen LogP contribution >= 0.6 is 0 Å². The second kappa shape index (κ2) is 9.47. The van der Waals surface area contributed by atoms with Crippen molar-refractivity contribution in [2.45, 2.75) is 19.8 Å². The van der Waals surface area contributed by atoms with E-state index in [4.69, 9.17) is 0 Å². The molecule has 2 aromatic carbocycles. The van der Waals surface area contributed by atoms with E-state index >= 15 is 0 Å². The van der Waals surface area contributed by atoms with E-state index in [1.807, 2.05) is 55.4 Å². The lowest BCUT2D eigenvalue weighted by molar-refractivity contribution is -0.121. The Morgan fingerprint density at radius 2 is 1.92 bits per heavy atom. The van der Waals surface area contributed by atoms with Gasteiger partial charge in [0.15, 0.2) is 0 Å². The Morgan fingerprint density at radius 1 is 1.16 bits per heavy atom. The summed E-state index contributed by atoms with van der Waals surface area (Å²) in [5.41, 5.74) is 6.95. The molecule has 0 saturated carbocycles. The van der Waals surface area contributed by atoms with E-state index in [2.05, 4.69) is 34.9 Å². The first-order valence-electron chi connectivity index (χ1n) is 8.44. The van der Waals surface area contributed by atoms with Crippen LogP contribution in [0.15, 0.2) is 53.6 Å². The standard InChI is InChI=1S/C20H26N4O/c1-16-6-4-7-18(14-16)21-13-5-8-20(25)23-22-15-17-9-11-19(12-10-17)24(2)3/h4,6-7,9-12,14-15,21H,5,8,13H2,1-3H3,(H,23,25)/b22-15-. The third kappa shape index (κ3) is 6.67.